The van der Waals surface area contributed by atoms with Crippen LogP contribution in [0.4, 0.5) is 5.69 Å². The number of anilines is 1. The van der Waals surface area contributed by atoms with Gasteiger partial charge in [0.1, 0.15) is 0 Å². The molecular formula is C16H25ClN2. The smallest absolute Gasteiger partial charge is 0.0849 e. The lowest BCUT2D eigenvalue weighted by Crippen LogP contribution is -2.16. The molecule has 1 aliphatic carbocycles. The van der Waals surface area contributed by atoms with E-state index in [4.69, 9.17) is 11.6 Å². The first kappa shape index (κ1) is 14.6. The molecule has 1 N–H and O–H groups in total. The van der Waals surface area contributed by atoms with Crippen LogP contribution in [0, 0.1) is 18.8 Å². The summed E-state index contributed by atoms with van der Waals surface area (Å²) in [7, 11) is 0. The Hall–Kier alpha value is -0.760. The van der Waals surface area contributed by atoms with Crippen LogP contribution in [0.2, 0.25) is 5.02 Å². The maximum absolute atomic E-state index is 6.29. The molecule has 0 aromatic carbocycles. The van der Waals surface area contributed by atoms with Crippen molar-refractivity contribution in [2.45, 2.75) is 58.9 Å². The van der Waals surface area contributed by atoms with Crippen LogP contribution < -0.4 is 5.32 Å². The highest BCUT2D eigenvalue weighted by Crippen LogP contribution is 2.34. The van der Waals surface area contributed by atoms with Gasteiger partial charge in [-0.2, -0.15) is 0 Å². The maximum Gasteiger partial charge on any atom is 0.0849 e. The van der Waals surface area contributed by atoms with Gasteiger partial charge in [-0.25, -0.2) is 0 Å². The SMILES string of the molecule is Cc1nccc(NC2CCC(CCC(C)C)C2)c1Cl. The molecule has 1 fully saturated rings. The zero-order valence-electron chi connectivity index (χ0n) is 12.2. The van der Waals surface area contributed by atoms with E-state index >= 15 is 0 Å². The fourth-order valence-electron chi connectivity index (χ4n) is 2.92. The normalized spacial score (nSPS) is 23.0. The summed E-state index contributed by atoms with van der Waals surface area (Å²) in [5.41, 5.74) is 1.95. The number of nitrogens with one attached hydrogen (secondary N) is 1. The number of rotatable bonds is 5. The third-order valence-corrected chi connectivity index (χ3v) is 4.59. The van der Waals surface area contributed by atoms with Crippen molar-refractivity contribution in [1.82, 2.24) is 4.98 Å². The molecule has 3 heteroatoms. The van der Waals surface area contributed by atoms with E-state index in [0.29, 0.717) is 6.04 Å². The number of nitrogens with zero attached hydrogens (tertiary/aromatic N) is 1. The third kappa shape index (κ3) is 4.10. The van der Waals surface area contributed by atoms with Crippen LogP contribution in [0.25, 0.3) is 0 Å². The molecule has 0 spiro atoms. The first-order valence-electron chi connectivity index (χ1n) is 7.44. The average Bonchev–Trinajstić information content (AvgIpc) is 2.80. The molecular weight excluding hydrogens is 256 g/mol. The van der Waals surface area contributed by atoms with Gasteiger partial charge in [-0.15, -0.1) is 0 Å². The molecule has 0 radical (unpaired) electrons. The second kappa shape index (κ2) is 6.60. The first-order chi connectivity index (χ1) is 9.06. The lowest BCUT2D eigenvalue weighted by molar-refractivity contribution is 0.430. The second-order valence-electron chi connectivity index (χ2n) is 6.25. The Morgan fingerprint density at radius 1 is 1.42 bits per heavy atom. The largest absolute Gasteiger partial charge is 0.381 e. The van der Waals surface area contributed by atoms with E-state index in [9.17, 15) is 0 Å². The van der Waals surface area contributed by atoms with Crippen molar-refractivity contribution in [3.8, 4) is 0 Å². The van der Waals surface area contributed by atoms with E-state index in [-0.39, 0.29) is 0 Å². The maximum atomic E-state index is 6.29. The van der Waals surface area contributed by atoms with Crippen LogP contribution in [0.5, 0.6) is 0 Å². The van der Waals surface area contributed by atoms with Crippen molar-refractivity contribution in [3.05, 3.63) is 23.0 Å². The number of halogens is 1. The van der Waals surface area contributed by atoms with Crippen LogP contribution in [0.1, 0.15) is 51.6 Å². The lowest BCUT2D eigenvalue weighted by Gasteiger charge is -2.16. The number of aromatic nitrogens is 1. The summed E-state index contributed by atoms with van der Waals surface area (Å²) in [6.45, 7) is 6.57. The van der Waals surface area contributed by atoms with E-state index in [1.807, 2.05) is 19.2 Å². The lowest BCUT2D eigenvalue weighted by atomic mass is 9.96. The highest BCUT2D eigenvalue weighted by atomic mass is 35.5. The first-order valence-corrected chi connectivity index (χ1v) is 7.81. The Kier molecular flexibility index (Phi) is 5.09. The van der Waals surface area contributed by atoms with Gasteiger partial charge in [-0.3, -0.25) is 4.98 Å². The zero-order chi connectivity index (χ0) is 13.8. The molecule has 2 rings (SSSR count). The number of hydrogen-bond donors (Lipinski definition) is 1. The fourth-order valence-corrected chi connectivity index (χ4v) is 3.08. The van der Waals surface area contributed by atoms with E-state index < -0.39 is 0 Å². The minimum absolute atomic E-state index is 0.580. The molecule has 106 valence electrons. The van der Waals surface area contributed by atoms with Gasteiger partial charge in [-0.05, 0) is 44.1 Å². The Balaban J connectivity index is 1.86. The Bertz CT molecular complexity index is 417. The van der Waals surface area contributed by atoms with Crippen LogP contribution in [-0.2, 0) is 0 Å². The fraction of sp³-hybridized carbons (Fsp3) is 0.688. The molecule has 2 unspecified atom stereocenters. The standard InChI is InChI=1S/C16H25ClN2/c1-11(2)4-5-13-6-7-14(10-13)19-15-8-9-18-12(3)16(15)17/h8-9,11,13-14H,4-7,10H2,1-3H3,(H,18,19). The van der Waals surface area contributed by atoms with E-state index in [0.717, 1.165) is 28.2 Å². The quantitative estimate of drug-likeness (QED) is 0.815. The molecule has 19 heavy (non-hydrogen) atoms. The van der Waals surface area contributed by atoms with Crippen LogP contribution in [-0.4, -0.2) is 11.0 Å². The Morgan fingerprint density at radius 3 is 2.95 bits per heavy atom. The molecule has 0 saturated heterocycles. The highest BCUT2D eigenvalue weighted by Gasteiger charge is 2.25. The van der Waals surface area contributed by atoms with Crippen molar-refractivity contribution in [3.63, 3.8) is 0 Å². The number of pyridine rings is 1. The minimum atomic E-state index is 0.580. The van der Waals surface area contributed by atoms with Gasteiger partial charge in [0, 0.05) is 12.2 Å². The van der Waals surface area contributed by atoms with Crippen molar-refractivity contribution in [2.24, 2.45) is 11.8 Å². The second-order valence-corrected chi connectivity index (χ2v) is 6.63. The predicted octanol–water partition coefficient (Wildman–Crippen LogP) is 5.06. The molecule has 1 heterocycles. The van der Waals surface area contributed by atoms with E-state index in [2.05, 4.69) is 24.1 Å². The topological polar surface area (TPSA) is 24.9 Å². The van der Waals surface area contributed by atoms with Gasteiger partial charge in [0.25, 0.3) is 0 Å². The molecule has 1 aromatic heterocycles. The zero-order valence-corrected chi connectivity index (χ0v) is 13.0. The van der Waals surface area contributed by atoms with Gasteiger partial charge in [0.2, 0.25) is 0 Å². The molecule has 0 aliphatic heterocycles. The monoisotopic (exact) mass is 280 g/mol. The summed E-state index contributed by atoms with van der Waals surface area (Å²) in [5.74, 6) is 1.71. The highest BCUT2D eigenvalue weighted by molar-refractivity contribution is 6.33. The molecule has 1 aromatic rings. The van der Waals surface area contributed by atoms with Gasteiger partial charge < -0.3 is 5.32 Å². The summed E-state index contributed by atoms with van der Waals surface area (Å²) in [6.07, 6.45) is 8.46. The Morgan fingerprint density at radius 2 is 2.21 bits per heavy atom. The van der Waals surface area contributed by atoms with Crippen molar-refractivity contribution in [1.29, 1.82) is 0 Å². The molecule has 2 atom stereocenters. The molecule has 1 aliphatic rings. The van der Waals surface area contributed by atoms with Crippen molar-refractivity contribution < 1.29 is 0 Å². The van der Waals surface area contributed by atoms with Gasteiger partial charge in [-0.1, -0.05) is 38.3 Å². The Labute approximate surface area is 122 Å². The average molecular weight is 281 g/mol. The summed E-state index contributed by atoms with van der Waals surface area (Å²) in [5, 5.41) is 4.37. The summed E-state index contributed by atoms with van der Waals surface area (Å²) in [4.78, 5) is 4.21. The van der Waals surface area contributed by atoms with Crippen LogP contribution in [0.3, 0.4) is 0 Å². The third-order valence-electron chi connectivity index (χ3n) is 4.12. The van der Waals surface area contributed by atoms with Crippen LogP contribution >= 0.6 is 11.6 Å². The predicted molar refractivity (Wildman–Crippen MR) is 82.8 cm³/mol. The summed E-state index contributed by atoms with van der Waals surface area (Å²) < 4.78 is 0. The minimum Gasteiger partial charge on any atom is -0.381 e. The van der Waals surface area contributed by atoms with E-state index in [1.54, 1.807) is 0 Å². The summed E-state index contributed by atoms with van der Waals surface area (Å²) >= 11 is 6.29. The molecule has 2 nitrogen and oxygen atoms in total. The van der Waals surface area contributed by atoms with Gasteiger partial charge in [0.05, 0.1) is 16.4 Å². The van der Waals surface area contributed by atoms with Crippen molar-refractivity contribution in [2.75, 3.05) is 5.32 Å². The molecule has 1 saturated carbocycles. The molecule has 0 amide bonds. The number of hydrogen-bond acceptors (Lipinski definition) is 2. The van der Waals surface area contributed by atoms with Crippen molar-refractivity contribution >= 4 is 17.3 Å². The van der Waals surface area contributed by atoms with E-state index in [1.165, 1.54) is 32.1 Å². The van der Waals surface area contributed by atoms with Crippen LogP contribution in [0.15, 0.2) is 12.3 Å². The molecule has 0 bridgehead atoms. The number of aryl methyl sites for hydroxylation is 1. The van der Waals surface area contributed by atoms with Gasteiger partial charge in [0.15, 0.2) is 0 Å². The van der Waals surface area contributed by atoms with Gasteiger partial charge >= 0.3 is 0 Å². The summed E-state index contributed by atoms with van der Waals surface area (Å²) in [6, 6.07) is 2.56.